The van der Waals surface area contributed by atoms with Crippen molar-refractivity contribution < 1.29 is 19.8 Å². The van der Waals surface area contributed by atoms with Crippen molar-refractivity contribution in [2.75, 3.05) is 13.1 Å². The van der Waals surface area contributed by atoms with E-state index in [0.29, 0.717) is 0 Å². The first kappa shape index (κ1) is 14.4. The average Bonchev–Trinajstić information content (AvgIpc) is 2.81. The van der Waals surface area contributed by atoms with Gasteiger partial charge in [0.1, 0.15) is 11.4 Å². The fourth-order valence-electron chi connectivity index (χ4n) is 1.95. The number of carbonyl (C=O) groups is 2. The van der Waals surface area contributed by atoms with Crippen LogP contribution in [0, 0.1) is 0 Å². The monoisotopic (exact) mass is 272 g/mol. The highest BCUT2D eigenvalue weighted by Crippen LogP contribution is 2.23. The molecule has 1 fully saturated rings. The lowest BCUT2D eigenvalue weighted by molar-refractivity contribution is 0.0684. The van der Waals surface area contributed by atoms with Crippen LogP contribution in [-0.4, -0.2) is 40.2 Å². The Labute approximate surface area is 109 Å². The van der Waals surface area contributed by atoms with E-state index in [2.05, 4.69) is 10.3 Å². The first-order chi connectivity index (χ1) is 8.08. The topological polar surface area (TPSA) is 99.5 Å². The van der Waals surface area contributed by atoms with Crippen molar-refractivity contribution in [1.29, 1.82) is 0 Å². The maximum Gasteiger partial charge on any atom is 0.354 e. The molecule has 0 amide bonds. The second-order valence-corrected chi connectivity index (χ2v) is 3.97. The van der Waals surface area contributed by atoms with Crippen molar-refractivity contribution in [2.24, 2.45) is 0 Å². The molecule has 1 aliphatic rings. The van der Waals surface area contributed by atoms with E-state index in [4.69, 9.17) is 10.2 Å². The van der Waals surface area contributed by atoms with E-state index in [1.807, 2.05) is 0 Å². The van der Waals surface area contributed by atoms with Gasteiger partial charge < -0.3 is 15.5 Å². The van der Waals surface area contributed by atoms with E-state index < -0.39 is 11.9 Å². The molecule has 0 spiro atoms. The third kappa shape index (κ3) is 2.96. The Balaban J connectivity index is 0.00000162. The van der Waals surface area contributed by atoms with Crippen LogP contribution in [0.15, 0.2) is 12.1 Å². The van der Waals surface area contributed by atoms with E-state index >= 15 is 0 Å². The lowest BCUT2D eigenvalue weighted by atomic mass is 9.97. The normalized spacial score (nSPS) is 18.1. The van der Waals surface area contributed by atoms with Crippen molar-refractivity contribution in [1.82, 2.24) is 10.3 Å². The summed E-state index contributed by atoms with van der Waals surface area (Å²) in [7, 11) is 0. The maximum atomic E-state index is 10.9. The highest BCUT2D eigenvalue weighted by molar-refractivity contribution is 5.90. The van der Waals surface area contributed by atoms with Crippen LogP contribution in [0.3, 0.4) is 0 Å². The number of aromatic nitrogens is 1. The van der Waals surface area contributed by atoms with Gasteiger partial charge in [0.2, 0.25) is 0 Å². The molecule has 2 rings (SSSR count). The first-order valence-corrected chi connectivity index (χ1v) is 5.27. The van der Waals surface area contributed by atoms with Crippen LogP contribution in [0.5, 0.6) is 0 Å². The largest absolute Gasteiger partial charge is 0.477 e. The second kappa shape index (κ2) is 5.79. The summed E-state index contributed by atoms with van der Waals surface area (Å²) >= 11 is 0. The quantitative estimate of drug-likeness (QED) is 0.758. The molecule has 0 aromatic carbocycles. The molecular formula is C11H13ClN2O4. The molecule has 3 N–H and O–H groups in total. The number of nitrogens with zero attached hydrogens (tertiary/aromatic N) is 1. The van der Waals surface area contributed by atoms with Crippen molar-refractivity contribution in [3.63, 3.8) is 0 Å². The Bertz CT molecular complexity index is 440. The number of hydrogen-bond acceptors (Lipinski definition) is 4. The molecule has 0 saturated carbocycles. The fraction of sp³-hybridized carbons (Fsp3) is 0.364. The van der Waals surface area contributed by atoms with E-state index in [1.54, 1.807) is 0 Å². The predicted molar refractivity (Wildman–Crippen MR) is 65.6 cm³/mol. The lowest BCUT2D eigenvalue weighted by Gasteiger charge is -2.10. The summed E-state index contributed by atoms with van der Waals surface area (Å²) in [5.74, 6) is -2.25. The van der Waals surface area contributed by atoms with Crippen LogP contribution >= 0.6 is 12.4 Å². The summed E-state index contributed by atoms with van der Waals surface area (Å²) in [4.78, 5) is 25.3. The van der Waals surface area contributed by atoms with Gasteiger partial charge in [-0.25, -0.2) is 14.6 Å². The molecule has 1 saturated heterocycles. The lowest BCUT2D eigenvalue weighted by Crippen LogP contribution is -2.12. The van der Waals surface area contributed by atoms with Gasteiger partial charge >= 0.3 is 11.9 Å². The van der Waals surface area contributed by atoms with E-state index in [0.717, 1.165) is 25.1 Å². The molecule has 1 aromatic rings. The molecule has 18 heavy (non-hydrogen) atoms. The van der Waals surface area contributed by atoms with Crippen molar-refractivity contribution in [3.8, 4) is 0 Å². The minimum absolute atomic E-state index is 0. The fourth-order valence-corrected chi connectivity index (χ4v) is 1.95. The number of rotatable bonds is 3. The first-order valence-electron chi connectivity index (χ1n) is 5.27. The Morgan fingerprint density at radius 1 is 1.22 bits per heavy atom. The van der Waals surface area contributed by atoms with Gasteiger partial charge in [0.15, 0.2) is 0 Å². The number of carboxylic acids is 2. The minimum atomic E-state index is -1.21. The highest BCUT2D eigenvalue weighted by Gasteiger charge is 2.21. The Morgan fingerprint density at radius 3 is 2.17 bits per heavy atom. The summed E-state index contributed by atoms with van der Waals surface area (Å²) in [6.45, 7) is 1.60. The van der Waals surface area contributed by atoms with Crippen molar-refractivity contribution >= 4 is 24.3 Å². The molecule has 7 heteroatoms. The van der Waals surface area contributed by atoms with Gasteiger partial charge in [0.25, 0.3) is 0 Å². The summed E-state index contributed by atoms with van der Waals surface area (Å²) in [6.07, 6.45) is 0.877. The molecule has 0 bridgehead atoms. The number of aromatic carboxylic acids is 2. The number of nitrogens with one attached hydrogen (secondary N) is 1. The molecule has 0 radical (unpaired) electrons. The third-order valence-electron chi connectivity index (χ3n) is 2.82. The summed E-state index contributed by atoms with van der Waals surface area (Å²) in [5, 5.41) is 20.9. The molecule has 1 unspecified atom stereocenters. The highest BCUT2D eigenvalue weighted by atomic mass is 35.5. The Hall–Kier alpha value is -1.66. The van der Waals surface area contributed by atoms with Gasteiger partial charge in [-0.05, 0) is 36.6 Å². The van der Waals surface area contributed by atoms with Gasteiger partial charge in [-0.3, -0.25) is 0 Å². The number of hydrogen-bond donors (Lipinski definition) is 3. The third-order valence-corrected chi connectivity index (χ3v) is 2.82. The molecule has 6 nitrogen and oxygen atoms in total. The van der Waals surface area contributed by atoms with Gasteiger partial charge in [0.05, 0.1) is 0 Å². The molecular weight excluding hydrogens is 260 g/mol. The van der Waals surface area contributed by atoms with Gasteiger partial charge in [-0.1, -0.05) is 0 Å². The maximum absolute atomic E-state index is 10.9. The van der Waals surface area contributed by atoms with Crippen LogP contribution < -0.4 is 5.32 Å². The van der Waals surface area contributed by atoms with Crippen molar-refractivity contribution in [2.45, 2.75) is 12.3 Å². The Morgan fingerprint density at radius 2 is 1.78 bits per heavy atom. The van der Waals surface area contributed by atoms with Crippen LogP contribution in [0.1, 0.15) is 38.9 Å². The summed E-state index contributed by atoms with van der Waals surface area (Å²) in [5.41, 5.74) is 0.290. The molecule has 0 aliphatic carbocycles. The standard InChI is InChI=1S/C11H12N2O4.ClH/c14-10(15)8-3-7(6-1-2-12-5-6)4-9(13-8)11(16)17;/h3-4,6,12H,1-2,5H2,(H,14,15)(H,16,17);1H. The van der Waals surface area contributed by atoms with Crippen molar-refractivity contribution in [3.05, 3.63) is 29.1 Å². The number of pyridine rings is 1. The Kier molecular flexibility index (Phi) is 4.63. The van der Waals surface area contributed by atoms with E-state index in [1.165, 1.54) is 12.1 Å². The summed E-state index contributed by atoms with van der Waals surface area (Å²) in [6, 6.07) is 2.90. The van der Waals surface area contributed by atoms with Crippen LogP contribution in [0.2, 0.25) is 0 Å². The second-order valence-electron chi connectivity index (χ2n) is 3.97. The van der Waals surface area contributed by atoms with Crippen LogP contribution in [0.25, 0.3) is 0 Å². The van der Waals surface area contributed by atoms with E-state index in [-0.39, 0.29) is 29.7 Å². The van der Waals surface area contributed by atoms with Gasteiger partial charge in [-0.15, -0.1) is 12.4 Å². The molecule has 1 atom stereocenters. The van der Waals surface area contributed by atoms with Gasteiger partial charge in [-0.2, -0.15) is 0 Å². The van der Waals surface area contributed by atoms with E-state index in [9.17, 15) is 9.59 Å². The molecule has 1 aliphatic heterocycles. The molecule has 98 valence electrons. The zero-order valence-electron chi connectivity index (χ0n) is 9.42. The number of halogens is 1. The predicted octanol–water partition coefficient (Wildman–Crippen LogP) is 0.977. The minimum Gasteiger partial charge on any atom is -0.477 e. The average molecular weight is 273 g/mol. The summed E-state index contributed by atoms with van der Waals surface area (Å²) < 4.78 is 0. The van der Waals surface area contributed by atoms with Crippen LogP contribution in [0.4, 0.5) is 0 Å². The smallest absolute Gasteiger partial charge is 0.354 e. The molecule has 2 heterocycles. The zero-order chi connectivity index (χ0) is 12.4. The zero-order valence-corrected chi connectivity index (χ0v) is 10.2. The van der Waals surface area contributed by atoms with Gasteiger partial charge in [0, 0.05) is 6.54 Å². The molecule has 1 aromatic heterocycles. The van der Waals surface area contributed by atoms with Crippen LogP contribution in [-0.2, 0) is 0 Å². The SMILES string of the molecule is Cl.O=C(O)c1cc(C2CCNC2)cc(C(=O)O)n1. The number of carboxylic acid groups (broad SMARTS) is 2.